The van der Waals surface area contributed by atoms with Crippen molar-refractivity contribution in [3.05, 3.63) is 0 Å². The number of hydrogen-bond donors (Lipinski definition) is 0. The minimum absolute atomic E-state index is 0.0771. The Morgan fingerprint density at radius 2 is 2.00 bits per heavy atom. The van der Waals surface area contributed by atoms with Crippen LogP contribution in [-0.4, -0.2) is 17.4 Å². The Morgan fingerprint density at radius 1 is 1.55 bits per heavy atom. The normalized spacial score (nSPS) is 14.3. The molecule has 0 saturated heterocycles. The van der Waals surface area contributed by atoms with Crippen LogP contribution in [0.2, 0.25) is 0 Å². The van der Waals surface area contributed by atoms with Crippen molar-refractivity contribution in [1.82, 2.24) is 0 Å². The highest BCUT2D eigenvalue weighted by atomic mass is 79.9. The number of esters is 1. The Kier molecular flexibility index (Phi) is 4.08. The predicted molar refractivity (Wildman–Crippen MR) is 48.8 cm³/mol. The molecule has 0 spiro atoms. The zero-order valence-corrected chi connectivity index (χ0v) is 9.06. The fraction of sp³-hybridized carbons (Fsp3) is 0.875. The SMILES string of the molecule is CCOC(=O)[C@@H](Br)C(C)(C)C. The molecule has 0 heterocycles. The third-order valence-electron chi connectivity index (χ3n) is 1.25. The summed E-state index contributed by atoms with van der Waals surface area (Å²) in [5.74, 6) is -0.181. The van der Waals surface area contributed by atoms with Crippen molar-refractivity contribution in [3.63, 3.8) is 0 Å². The van der Waals surface area contributed by atoms with Crippen molar-refractivity contribution in [3.8, 4) is 0 Å². The second kappa shape index (κ2) is 4.10. The highest BCUT2D eigenvalue weighted by Gasteiger charge is 2.29. The molecule has 1 atom stereocenters. The zero-order valence-electron chi connectivity index (χ0n) is 7.48. The van der Waals surface area contributed by atoms with Crippen LogP contribution in [0.3, 0.4) is 0 Å². The Bertz CT molecular complexity index is 138. The fourth-order valence-electron chi connectivity index (χ4n) is 0.569. The Balaban J connectivity index is 4.03. The molecule has 0 fully saturated rings. The first-order valence-electron chi connectivity index (χ1n) is 3.70. The van der Waals surface area contributed by atoms with Crippen LogP contribution in [0.15, 0.2) is 0 Å². The largest absolute Gasteiger partial charge is 0.465 e. The highest BCUT2D eigenvalue weighted by molar-refractivity contribution is 9.10. The molecule has 0 radical (unpaired) electrons. The Morgan fingerprint density at radius 3 is 2.27 bits per heavy atom. The molecule has 0 aliphatic heterocycles. The van der Waals surface area contributed by atoms with Crippen LogP contribution in [0.5, 0.6) is 0 Å². The molecule has 2 nitrogen and oxygen atoms in total. The zero-order chi connectivity index (χ0) is 9.07. The van der Waals surface area contributed by atoms with Crippen molar-refractivity contribution in [2.24, 2.45) is 5.41 Å². The summed E-state index contributed by atoms with van der Waals surface area (Å²) in [6.07, 6.45) is 0. The molecule has 0 aromatic rings. The molecule has 0 amide bonds. The molecule has 0 aliphatic carbocycles. The molecule has 0 N–H and O–H groups in total. The standard InChI is InChI=1S/C8H15BrO2/c1-5-11-7(10)6(9)8(2,3)4/h6H,5H2,1-4H3/t6-/m1/s1. The van der Waals surface area contributed by atoms with Gasteiger partial charge >= 0.3 is 5.97 Å². The summed E-state index contributed by atoms with van der Waals surface area (Å²) in [7, 11) is 0. The van der Waals surface area contributed by atoms with Gasteiger partial charge in [-0.3, -0.25) is 4.79 Å². The van der Waals surface area contributed by atoms with Gasteiger partial charge in [0.2, 0.25) is 0 Å². The van der Waals surface area contributed by atoms with Crippen molar-refractivity contribution in [2.75, 3.05) is 6.61 Å². The fourth-order valence-corrected chi connectivity index (χ4v) is 0.701. The summed E-state index contributed by atoms with van der Waals surface area (Å²) in [4.78, 5) is 10.9. The molecule has 0 rings (SSSR count). The van der Waals surface area contributed by atoms with E-state index in [1.807, 2.05) is 20.8 Å². The van der Waals surface area contributed by atoms with Crippen LogP contribution < -0.4 is 0 Å². The van der Waals surface area contributed by atoms with Gasteiger partial charge in [0, 0.05) is 0 Å². The van der Waals surface area contributed by atoms with Gasteiger partial charge in [-0.2, -0.15) is 0 Å². The van der Waals surface area contributed by atoms with E-state index in [2.05, 4.69) is 15.9 Å². The van der Waals surface area contributed by atoms with Gasteiger partial charge in [-0.1, -0.05) is 36.7 Å². The van der Waals surface area contributed by atoms with E-state index in [0.717, 1.165) is 0 Å². The van der Waals surface area contributed by atoms with Crippen molar-refractivity contribution >= 4 is 21.9 Å². The lowest BCUT2D eigenvalue weighted by atomic mass is 9.92. The van der Waals surface area contributed by atoms with Crippen LogP contribution >= 0.6 is 15.9 Å². The third-order valence-corrected chi connectivity index (χ3v) is 3.00. The van der Waals surface area contributed by atoms with Crippen molar-refractivity contribution in [1.29, 1.82) is 0 Å². The Hall–Kier alpha value is -0.0500. The van der Waals surface area contributed by atoms with E-state index >= 15 is 0 Å². The number of ether oxygens (including phenoxy) is 1. The predicted octanol–water partition coefficient (Wildman–Crippen LogP) is 2.36. The van der Waals surface area contributed by atoms with Gasteiger partial charge in [-0.15, -0.1) is 0 Å². The number of carbonyl (C=O) groups is 1. The average molecular weight is 223 g/mol. The molecule has 66 valence electrons. The van der Waals surface area contributed by atoms with E-state index in [4.69, 9.17) is 4.74 Å². The first-order valence-corrected chi connectivity index (χ1v) is 4.62. The maximum atomic E-state index is 11.1. The minimum Gasteiger partial charge on any atom is -0.465 e. The summed E-state index contributed by atoms with van der Waals surface area (Å²) in [5, 5.41) is 0. The number of carbonyl (C=O) groups excluding carboxylic acids is 1. The molecule has 0 saturated carbocycles. The van der Waals surface area contributed by atoms with E-state index in [-0.39, 0.29) is 16.2 Å². The van der Waals surface area contributed by atoms with E-state index < -0.39 is 0 Å². The smallest absolute Gasteiger partial charge is 0.320 e. The summed E-state index contributed by atoms with van der Waals surface area (Å²) in [5.41, 5.74) is -0.0771. The van der Waals surface area contributed by atoms with Gasteiger partial charge in [-0.25, -0.2) is 0 Å². The van der Waals surface area contributed by atoms with E-state index in [1.54, 1.807) is 6.92 Å². The van der Waals surface area contributed by atoms with Gasteiger partial charge in [0.05, 0.1) is 6.61 Å². The number of rotatable bonds is 2. The maximum absolute atomic E-state index is 11.1. The molecular weight excluding hydrogens is 208 g/mol. The van der Waals surface area contributed by atoms with Crippen LogP contribution in [0, 0.1) is 5.41 Å². The Labute approximate surface area is 76.4 Å². The second-order valence-corrected chi connectivity index (χ2v) is 4.40. The van der Waals surface area contributed by atoms with E-state index in [1.165, 1.54) is 0 Å². The van der Waals surface area contributed by atoms with Crippen molar-refractivity contribution < 1.29 is 9.53 Å². The monoisotopic (exact) mass is 222 g/mol. The van der Waals surface area contributed by atoms with E-state index in [9.17, 15) is 4.79 Å². The minimum atomic E-state index is -0.213. The van der Waals surface area contributed by atoms with Crippen LogP contribution in [0.1, 0.15) is 27.7 Å². The average Bonchev–Trinajstić information content (AvgIpc) is 1.85. The van der Waals surface area contributed by atoms with E-state index in [0.29, 0.717) is 6.61 Å². The van der Waals surface area contributed by atoms with Gasteiger partial charge in [0.25, 0.3) is 0 Å². The van der Waals surface area contributed by atoms with Gasteiger partial charge in [-0.05, 0) is 12.3 Å². The van der Waals surface area contributed by atoms with Gasteiger partial charge < -0.3 is 4.74 Å². The van der Waals surface area contributed by atoms with Crippen molar-refractivity contribution in [2.45, 2.75) is 32.5 Å². The topological polar surface area (TPSA) is 26.3 Å². The summed E-state index contributed by atoms with van der Waals surface area (Å²) < 4.78 is 4.84. The molecular formula is C8H15BrO2. The molecule has 0 aliphatic rings. The molecule has 11 heavy (non-hydrogen) atoms. The molecule has 0 aromatic carbocycles. The number of halogens is 1. The van der Waals surface area contributed by atoms with Crippen LogP contribution in [0.25, 0.3) is 0 Å². The number of hydrogen-bond acceptors (Lipinski definition) is 2. The van der Waals surface area contributed by atoms with Gasteiger partial charge in [0.1, 0.15) is 4.83 Å². The molecule has 3 heteroatoms. The lowest BCUT2D eigenvalue weighted by Gasteiger charge is -2.23. The van der Waals surface area contributed by atoms with Crippen LogP contribution in [-0.2, 0) is 9.53 Å². The lowest BCUT2D eigenvalue weighted by molar-refractivity contribution is -0.144. The maximum Gasteiger partial charge on any atom is 0.320 e. The summed E-state index contributed by atoms with van der Waals surface area (Å²) in [6, 6.07) is 0. The second-order valence-electron chi connectivity index (χ2n) is 3.48. The number of alkyl halides is 1. The van der Waals surface area contributed by atoms with Crippen LogP contribution in [0.4, 0.5) is 0 Å². The summed E-state index contributed by atoms with van der Waals surface area (Å²) >= 11 is 3.29. The summed E-state index contributed by atoms with van der Waals surface area (Å²) in [6.45, 7) is 8.22. The highest BCUT2D eigenvalue weighted by Crippen LogP contribution is 2.26. The van der Waals surface area contributed by atoms with Gasteiger partial charge in [0.15, 0.2) is 0 Å². The lowest BCUT2D eigenvalue weighted by Crippen LogP contribution is -2.30. The quantitative estimate of drug-likeness (QED) is 0.530. The first kappa shape index (κ1) is 11.0. The molecule has 0 bridgehead atoms. The first-order chi connectivity index (χ1) is 4.89. The third kappa shape index (κ3) is 3.75. The molecule has 0 aromatic heterocycles. The molecule has 0 unspecified atom stereocenters.